The van der Waals surface area contributed by atoms with Gasteiger partial charge < -0.3 is 9.84 Å². The molecule has 0 radical (unpaired) electrons. The van der Waals surface area contributed by atoms with E-state index in [9.17, 15) is 9.90 Å². The minimum atomic E-state index is -0.625. The number of carbonyl (C=O) groups is 1. The molecule has 2 aliphatic rings. The Kier molecular flexibility index (Phi) is 5.18. The van der Waals surface area contributed by atoms with Crippen LogP contribution in [0.5, 0.6) is 11.5 Å². The van der Waals surface area contributed by atoms with Gasteiger partial charge in [0, 0.05) is 0 Å². The number of esters is 1. The highest BCUT2D eigenvalue weighted by molar-refractivity contribution is 6.00. The number of benzene rings is 1. The molecule has 3 rings (SSSR count). The second-order valence-electron chi connectivity index (χ2n) is 8.79. The number of allylic oxidation sites excluding steroid dienone is 1. The SMILES string of the molecule is CCCCCCC(C)(C)c1cc(O)c2c(c1)OC(=O)[C@]1(C)CCCC=C21. The van der Waals surface area contributed by atoms with Gasteiger partial charge in [0.25, 0.3) is 0 Å². The number of phenols is 1. The van der Waals surface area contributed by atoms with E-state index in [1.54, 1.807) is 0 Å². The van der Waals surface area contributed by atoms with Gasteiger partial charge in [-0.2, -0.15) is 0 Å². The smallest absolute Gasteiger partial charge is 0.321 e. The molecule has 0 amide bonds. The number of carbonyl (C=O) groups excluding carboxylic acids is 1. The zero-order valence-electron chi connectivity index (χ0n) is 16.7. The molecule has 1 aromatic carbocycles. The maximum absolute atomic E-state index is 12.7. The summed E-state index contributed by atoms with van der Waals surface area (Å²) < 4.78 is 5.72. The molecule has 26 heavy (non-hydrogen) atoms. The number of rotatable bonds is 6. The van der Waals surface area contributed by atoms with Crippen LogP contribution in [0.3, 0.4) is 0 Å². The Bertz CT molecular complexity index is 729. The predicted octanol–water partition coefficient (Wildman–Crippen LogP) is 6.13. The topological polar surface area (TPSA) is 46.5 Å². The van der Waals surface area contributed by atoms with Gasteiger partial charge in [-0.05, 0) is 61.3 Å². The molecule has 0 unspecified atom stereocenters. The monoisotopic (exact) mass is 356 g/mol. The molecule has 1 aliphatic heterocycles. The van der Waals surface area contributed by atoms with E-state index in [0.717, 1.165) is 42.4 Å². The van der Waals surface area contributed by atoms with Crippen LogP contribution in [0.4, 0.5) is 0 Å². The second-order valence-corrected chi connectivity index (χ2v) is 8.79. The van der Waals surface area contributed by atoms with Crippen LogP contribution in [-0.4, -0.2) is 11.1 Å². The molecule has 0 saturated carbocycles. The van der Waals surface area contributed by atoms with Crippen molar-refractivity contribution in [2.24, 2.45) is 5.41 Å². The standard InChI is InChI=1S/C23H32O3/c1-5-6-7-9-12-22(2,3)16-14-18(24)20-17-11-8-10-13-23(17,4)21(25)26-19(20)15-16/h11,14-15,24H,5-10,12-13H2,1-4H3/t23-/m1/s1. The maximum Gasteiger partial charge on any atom is 0.321 e. The van der Waals surface area contributed by atoms with E-state index in [2.05, 4.69) is 26.8 Å². The Morgan fingerprint density at radius 1 is 1.23 bits per heavy atom. The van der Waals surface area contributed by atoms with Gasteiger partial charge in [0.05, 0.1) is 11.0 Å². The average molecular weight is 357 g/mol. The molecule has 1 heterocycles. The number of ether oxygens (including phenoxy) is 1. The van der Waals surface area contributed by atoms with E-state index in [0.29, 0.717) is 5.75 Å². The lowest BCUT2D eigenvalue weighted by molar-refractivity contribution is -0.143. The normalized spacial score (nSPS) is 22.3. The Morgan fingerprint density at radius 3 is 2.73 bits per heavy atom. The molecule has 1 atom stereocenters. The Morgan fingerprint density at radius 2 is 2.00 bits per heavy atom. The van der Waals surface area contributed by atoms with Crippen molar-refractivity contribution in [3.05, 3.63) is 29.3 Å². The average Bonchev–Trinajstić information content (AvgIpc) is 2.59. The molecule has 1 N–H and O–H groups in total. The zero-order valence-corrected chi connectivity index (χ0v) is 16.7. The molecule has 142 valence electrons. The highest BCUT2D eigenvalue weighted by Crippen LogP contribution is 2.53. The molecule has 0 saturated heterocycles. The molecule has 0 bridgehead atoms. The van der Waals surface area contributed by atoms with E-state index in [-0.39, 0.29) is 17.1 Å². The van der Waals surface area contributed by atoms with Crippen LogP contribution < -0.4 is 4.74 Å². The molecule has 3 nitrogen and oxygen atoms in total. The molecular weight excluding hydrogens is 324 g/mol. The van der Waals surface area contributed by atoms with Crippen molar-refractivity contribution in [1.29, 1.82) is 0 Å². The van der Waals surface area contributed by atoms with Crippen LogP contribution in [0.15, 0.2) is 18.2 Å². The van der Waals surface area contributed by atoms with Crippen LogP contribution in [0, 0.1) is 5.41 Å². The molecule has 0 aromatic heterocycles. The fourth-order valence-electron chi connectivity index (χ4n) is 4.35. The molecule has 0 fully saturated rings. The van der Waals surface area contributed by atoms with E-state index in [1.807, 2.05) is 19.1 Å². The first-order valence-electron chi connectivity index (χ1n) is 10.1. The van der Waals surface area contributed by atoms with Gasteiger partial charge in [0.15, 0.2) is 0 Å². The highest BCUT2D eigenvalue weighted by atomic mass is 16.5. The van der Waals surface area contributed by atoms with Gasteiger partial charge >= 0.3 is 5.97 Å². The van der Waals surface area contributed by atoms with Crippen molar-refractivity contribution in [3.8, 4) is 11.5 Å². The van der Waals surface area contributed by atoms with Gasteiger partial charge in [-0.1, -0.05) is 52.5 Å². The lowest BCUT2D eigenvalue weighted by Gasteiger charge is -2.38. The summed E-state index contributed by atoms with van der Waals surface area (Å²) in [6, 6.07) is 3.86. The first-order chi connectivity index (χ1) is 12.3. The minimum absolute atomic E-state index is 0.0612. The van der Waals surface area contributed by atoms with Crippen LogP contribution in [0.25, 0.3) is 5.57 Å². The molecule has 1 aliphatic carbocycles. The number of aromatic hydroxyl groups is 1. The molecule has 0 spiro atoms. The third kappa shape index (κ3) is 3.28. The Hall–Kier alpha value is -1.77. The first-order valence-corrected chi connectivity index (χ1v) is 10.1. The van der Waals surface area contributed by atoms with E-state index >= 15 is 0 Å². The molecule has 1 aromatic rings. The van der Waals surface area contributed by atoms with Crippen molar-refractivity contribution < 1.29 is 14.6 Å². The fourth-order valence-corrected chi connectivity index (χ4v) is 4.35. The number of hydrogen-bond donors (Lipinski definition) is 1. The maximum atomic E-state index is 12.7. The van der Waals surface area contributed by atoms with Crippen molar-refractivity contribution in [3.63, 3.8) is 0 Å². The van der Waals surface area contributed by atoms with Gasteiger partial charge in [-0.3, -0.25) is 4.79 Å². The van der Waals surface area contributed by atoms with E-state index < -0.39 is 5.41 Å². The predicted molar refractivity (Wildman–Crippen MR) is 105 cm³/mol. The van der Waals surface area contributed by atoms with Crippen LogP contribution >= 0.6 is 0 Å². The summed E-state index contributed by atoms with van der Waals surface area (Å²) in [5.41, 5.74) is 2.02. The third-order valence-electron chi connectivity index (χ3n) is 6.26. The Balaban J connectivity index is 1.95. The summed E-state index contributed by atoms with van der Waals surface area (Å²) in [5.74, 6) is 0.580. The second kappa shape index (κ2) is 7.09. The lowest BCUT2D eigenvalue weighted by Crippen LogP contribution is -2.38. The number of phenolic OH excluding ortho intramolecular Hbond substituents is 1. The highest BCUT2D eigenvalue weighted by Gasteiger charge is 2.46. The summed E-state index contributed by atoms with van der Waals surface area (Å²) in [5, 5.41) is 10.8. The first kappa shape index (κ1) is 19.0. The van der Waals surface area contributed by atoms with E-state index in [4.69, 9.17) is 4.74 Å². The number of fused-ring (bicyclic) bond motifs is 3. The summed E-state index contributed by atoms with van der Waals surface area (Å²) in [6.07, 6.45) is 10.8. The van der Waals surface area contributed by atoms with Gasteiger partial charge in [-0.25, -0.2) is 0 Å². The largest absolute Gasteiger partial charge is 0.507 e. The van der Waals surface area contributed by atoms with Crippen molar-refractivity contribution >= 4 is 11.5 Å². The molecular formula is C23H32O3. The summed E-state index contributed by atoms with van der Waals surface area (Å²) in [4.78, 5) is 12.7. The van der Waals surface area contributed by atoms with Gasteiger partial charge in [0.2, 0.25) is 0 Å². The van der Waals surface area contributed by atoms with E-state index in [1.165, 1.54) is 25.7 Å². The van der Waals surface area contributed by atoms with Gasteiger partial charge in [-0.15, -0.1) is 0 Å². The van der Waals surface area contributed by atoms with Crippen LogP contribution in [0.1, 0.15) is 90.2 Å². The zero-order chi connectivity index (χ0) is 18.9. The summed E-state index contributed by atoms with van der Waals surface area (Å²) in [7, 11) is 0. The number of hydrogen-bond acceptors (Lipinski definition) is 3. The third-order valence-corrected chi connectivity index (χ3v) is 6.26. The van der Waals surface area contributed by atoms with Crippen LogP contribution in [0.2, 0.25) is 0 Å². The quantitative estimate of drug-likeness (QED) is 0.379. The Labute approximate surface area is 157 Å². The summed E-state index contributed by atoms with van der Waals surface area (Å²) in [6.45, 7) is 8.56. The van der Waals surface area contributed by atoms with Crippen molar-refractivity contribution in [1.82, 2.24) is 0 Å². The van der Waals surface area contributed by atoms with Gasteiger partial charge in [0.1, 0.15) is 11.5 Å². The summed E-state index contributed by atoms with van der Waals surface area (Å²) >= 11 is 0. The number of unbranched alkanes of at least 4 members (excludes halogenated alkanes) is 3. The lowest BCUT2D eigenvalue weighted by atomic mass is 9.69. The van der Waals surface area contributed by atoms with Crippen molar-refractivity contribution in [2.75, 3.05) is 0 Å². The van der Waals surface area contributed by atoms with Crippen LogP contribution in [-0.2, 0) is 10.2 Å². The minimum Gasteiger partial charge on any atom is -0.507 e. The molecule has 3 heteroatoms. The fraction of sp³-hybridized carbons (Fsp3) is 0.609. The van der Waals surface area contributed by atoms with Crippen molar-refractivity contribution in [2.45, 2.75) is 84.5 Å².